The Morgan fingerprint density at radius 2 is 2.18 bits per heavy atom. The maximum atomic E-state index is 13.5. The minimum atomic E-state index is -0.146. The first-order valence-corrected chi connectivity index (χ1v) is 6.38. The molecule has 0 radical (unpaired) electrons. The molecule has 3 rings (SSSR count). The predicted molar refractivity (Wildman–Crippen MR) is 64.1 cm³/mol. The van der Waals surface area contributed by atoms with E-state index in [-0.39, 0.29) is 11.9 Å². The summed E-state index contributed by atoms with van der Waals surface area (Å²) in [7, 11) is 0. The van der Waals surface area contributed by atoms with Crippen LogP contribution >= 0.6 is 0 Å². The minimum Gasteiger partial charge on any atom is -0.375 e. The van der Waals surface area contributed by atoms with E-state index in [0.717, 1.165) is 18.4 Å². The Balaban J connectivity index is 1.68. The Morgan fingerprint density at radius 3 is 2.82 bits per heavy atom. The molecule has 0 spiro atoms. The van der Waals surface area contributed by atoms with Gasteiger partial charge in [0.15, 0.2) is 0 Å². The van der Waals surface area contributed by atoms with Gasteiger partial charge in [0.1, 0.15) is 5.82 Å². The normalized spacial score (nSPS) is 32.9. The maximum absolute atomic E-state index is 13.5. The van der Waals surface area contributed by atoms with Gasteiger partial charge in [0.05, 0.1) is 12.2 Å². The average Bonchev–Trinajstić information content (AvgIpc) is 2.94. The summed E-state index contributed by atoms with van der Waals surface area (Å²) in [5.74, 6) is 0.264. The highest BCUT2D eigenvalue weighted by Crippen LogP contribution is 2.40. The first-order chi connectivity index (χ1) is 8.24. The summed E-state index contributed by atoms with van der Waals surface area (Å²) in [4.78, 5) is 0. The van der Waals surface area contributed by atoms with E-state index in [1.54, 1.807) is 6.07 Å². The van der Waals surface area contributed by atoms with Gasteiger partial charge in [-0.15, -0.1) is 0 Å². The van der Waals surface area contributed by atoms with Gasteiger partial charge in [-0.3, -0.25) is 0 Å². The van der Waals surface area contributed by atoms with Crippen molar-refractivity contribution in [2.24, 2.45) is 11.7 Å². The van der Waals surface area contributed by atoms with Crippen LogP contribution in [0.1, 0.15) is 24.8 Å². The number of hydrogen-bond acceptors (Lipinski definition) is 2. The summed E-state index contributed by atoms with van der Waals surface area (Å²) >= 11 is 0. The highest BCUT2D eigenvalue weighted by atomic mass is 19.1. The summed E-state index contributed by atoms with van der Waals surface area (Å²) in [6.45, 7) is 0. The van der Waals surface area contributed by atoms with E-state index in [2.05, 4.69) is 0 Å². The fourth-order valence-electron chi connectivity index (χ4n) is 3.20. The molecule has 2 heterocycles. The van der Waals surface area contributed by atoms with Crippen LogP contribution in [-0.4, -0.2) is 18.2 Å². The molecule has 0 amide bonds. The van der Waals surface area contributed by atoms with Crippen molar-refractivity contribution in [1.29, 1.82) is 0 Å². The molecule has 0 aromatic heterocycles. The van der Waals surface area contributed by atoms with Crippen molar-refractivity contribution in [3.8, 4) is 0 Å². The highest BCUT2D eigenvalue weighted by molar-refractivity contribution is 5.19. The third kappa shape index (κ3) is 2.09. The third-order valence-electron chi connectivity index (χ3n) is 4.12. The zero-order valence-electron chi connectivity index (χ0n) is 9.81. The van der Waals surface area contributed by atoms with Crippen LogP contribution in [0.25, 0.3) is 0 Å². The first kappa shape index (κ1) is 11.2. The van der Waals surface area contributed by atoms with Gasteiger partial charge in [-0.25, -0.2) is 4.39 Å². The molecule has 2 aliphatic rings. The summed E-state index contributed by atoms with van der Waals surface area (Å²) in [6.07, 6.45) is 4.71. The van der Waals surface area contributed by atoms with Gasteiger partial charge in [0, 0.05) is 12.0 Å². The quantitative estimate of drug-likeness (QED) is 0.872. The van der Waals surface area contributed by atoms with Crippen molar-refractivity contribution in [3.63, 3.8) is 0 Å². The molecule has 2 fully saturated rings. The van der Waals surface area contributed by atoms with Crippen molar-refractivity contribution < 1.29 is 9.13 Å². The Labute approximate surface area is 101 Å². The Kier molecular flexibility index (Phi) is 2.89. The molecule has 3 heteroatoms. The molecular formula is C14H18FNO. The van der Waals surface area contributed by atoms with Crippen molar-refractivity contribution in [2.75, 3.05) is 0 Å². The van der Waals surface area contributed by atoms with E-state index in [4.69, 9.17) is 10.5 Å². The van der Waals surface area contributed by atoms with Gasteiger partial charge in [-0.05, 0) is 37.3 Å². The number of halogens is 1. The first-order valence-electron chi connectivity index (χ1n) is 6.38. The second kappa shape index (κ2) is 4.39. The fourth-order valence-corrected chi connectivity index (χ4v) is 3.20. The lowest BCUT2D eigenvalue weighted by molar-refractivity contribution is 0.0884. The van der Waals surface area contributed by atoms with Crippen LogP contribution in [0.5, 0.6) is 0 Å². The molecule has 0 saturated carbocycles. The molecular weight excluding hydrogens is 217 g/mol. The molecule has 2 N–H and O–H groups in total. The monoisotopic (exact) mass is 235 g/mol. The molecule has 1 aromatic carbocycles. The Bertz CT molecular complexity index is 409. The molecule has 2 aliphatic heterocycles. The largest absolute Gasteiger partial charge is 0.375 e. The lowest BCUT2D eigenvalue weighted by atomic mass is 9.82. The molecule has 2 nitrogen and oxygen atoms in total. The zero-order chi connectivity index (χ0) is 11.8. The summed E-state index contributed by atoms with van der Waals surface area (Å²) in [5, 5.41) is 0. The zero-order valence-corrected chi connectivity index (χ0v) is 9.81. The number of ether oxygens (including phenoxy) is 1. The van der Waals surface area contributed by atoms with Gasteiger partial charge in [0.2, 0.25) is 0 Å². The van der Waals surface area contributed by atoms with Crippen molar-refractivity contribution >= 4 is 0 Å². The standard InChI is InChI=1S/C14H18FNO/c15-12-4-2-1-3-9(12)7-13(16)11-8-10-5-6-14(11)17-10/h1-4,10-11,13-14H,5-8,16H2. The van der Waals surface area contributed by atoms with Crippen LogP contribution in [0.3, 0.4) is 0 Å². The Morgan fingerprint density at radius 1 is 1.35 bits per heavy atom. The minimum absolute atomic E-state index is 0.0159. The predicted octanol–water partition coefficient (Wildman–Crippen LogP) is 2.26. The number of hydrogen-bond donors (Lipinski definition) is 1. The molecule has 0 aliphatic carbocycles. The highest BCUT2D eigenvalue weighted by Gasteiger charge is 2.43. The summed E-state index contributed by atoms with van der Waals surface area (Å²) in [6, 6.07) is 6.91. The maximum Gasteiger partial charge on any atom is 0.126 e. The van der Waals surface area contributed by atoms with Crippen molar-refractivity contribution in [3.05, 3.63) is 35.6 Å². The lowest BCUT2D eigenvalue weighted by Crippen LogP contribution is -2.38. The summed E-state index contributed by atoms with van der Waals surface area (Å²) in [5.41, 5.74) is 6.94. The van der Waals surface area contributed by atoms with Crippen LogP contribution in [0.4, 0.5) is 4.39 Å². The third-order valence-corrected chi connectivity index (χ3v) is 4.12. The molecule has 4 unspecified atom stereocenters. The van der Waals surface area contributed by atoms with Crippen LogP contribution in [0.2, 0.25) is 0 Å². The molecule has 4 atom stereocenters. The van der Waals surface area contributed by atoms with Crippen molar-refractivity contribution in [1.82, 2.24) is 0 Å². The Hall–Kier alpha value is -0.930. The van der Waals surface area contributed by atoms with Crippen LogP contribution < -0.4 is 5.73 Å². The SMILES string of the molecule is NC(Cc1ccccc1F)C1CC2CCC1O2. The van der Waals surface area contributed by atoms with Crippen LogP contribution in [-0.2, 0) is 11.2 Å². The molecule has 2 bridgehead atoms. The number of benzene rings is 1. The van der Waals surface area contributed by atoms with E-state index in [0.29, 0.717) is 24.5 Å². The van der Waals surface area contributed by atoms with E-state index in [1.165, 1.54) is 12.5 Å². The number of nitrogens with two attached hydrogens (primary N) is 1. The van der Waals surface area contributed by atoms with Gasteiger partial charge in [-0.2, -0.15) is 0 Å². The topological polar surface area (TPSA) is 35.2 Å². The number of fused-ring (bicyclic) bond motifs is 2. The van der Waals surface area contributed by atoms with E-state index in [9.17, 15) is 4.39 Å². The smallest absolute Gasteiger partial charge is 0.126 e. The molecule has 17 heavy (non-hydrogen) atoms. The average molecular weight is 235 g/mol. The van der Waals surface area contributed by atoms with Gasteiger partial charge in [0.25, 0.3) is 0 Å². The fraction of sp³-hybridized carbons (Fsp3) is 0.571. The van der Waals surface area contributed by atoms with Crippen molar-refractivity contribution in [2.45, 2.75) is 43.9 Å². The van der Waals surface area contributed by atoms with Gasteiger partial charge >= 0.3 is 0 Å². The second-order valence-electron chi connectivity index (χ2n) is 5.23. The second-order valence-corrected chi connectivity index (χ2v) is 5.23. The van der Waals surface area contributed by atoms with Gasteiger partial charge < -0.3 is 10.5 Å². The lowest BCUT2D eigenvalue weighted by Gasteiger charge is -2.25. The molecule has 92 valence electrons. The summed E-state index contributed by atoms with van der Waals surface area (Å²) < 4.78 is 19.3. The van der Waals surface area contributed by atoms with Gasteiger partial charge in [-0.1, -0.05) is 18.2 Å². The molecule has 2 saturated heterocycles. The van der Waals surface area contributed by atoms with E-state index in [1.807, 2.05) is 12.1 Å². The van der Waals surface area contributed by atoms with E-state index < -0.39 is 0 Å². The molecule has 1 aromatic rings. The van der Waals surface area contributed by atoms with Crippen LogP contribution in [0.15, 0.2) is 24.3 Å². The number of rotatable bonds is 3. The van der Waals surface area contributed by atoms with E-state index >= 15 is 0 Å². The van der Waals surface area contributed by atoms with Crippen LogP contribution in [0, 0.1) is 11.7 Å².